The Labute approximate surface area is 118 Å². The highest BCUT2D eigenvalue weighted by Gasteiger charge is 2.04. The molecule has 2 aromatic rings. The smallest absolute Gasteiger partial charge is 0.123 e. The highest BCUT2D eigenvalue weighted by Crippen LogP contribution is 2.23. The SMILES string of the molecule is CNCc1cc(Cl)ccc1OCCc1cccnc1. The molecule has 0 spiro atoms. The van der Waals surface area contributed by atoms with E-state index in [1.54, 1.807) is 6.20 Å². The number of nitrogens with one attached hydrogen (secondary N) is 1. The van der Waals surface area contributed by atoms with Gasteiger partial charge in [0.15, 0.2) is 0 Å². The largest absolute Gasteiger partial charge is 0.493 e. The van der Waals surface area contributed by atoms with E-state index >= 15 is 0 Å². The lowest BCUT2D eigenvalue weighted by Gasteiger charge is -2.11. The summed E-state index contributed by atoms with van der Waals surface area (Å²) in [4.78, 5) is 4.09. The van der Waals surface area contributed by atoms with Crippen LogP contribution in [0, 0.1) is 0 Å². The van der Waals surface area contributed by atoms with Crippen molar-refractivity contribution >= 4 is 11.6 Å². The molecule has 1 heterocycles. The monoisotopic (exact) mass is 276 g/mol. The lowest BCUT2D eigenvalue weighted by atomic mass is 10.2. The summed E-state index contributed by atoms with van der Waals surface area (Å²) in [5, 5.41) is 3.84. The summed E-state index contributed by atoms with van der Waals surface area (Å²) < 4.78 is 5.82. The third kappa shape index (κ3) is 4.23. The Hall–Kier alpha value is -1.58. The van der Waals surface area contributed by atoms with Crippen LogP contribution in [0.1, 0.15) is 11.1 Å². The average Bonchev–Trinajstić information content (AvgIpc) is 2.43. The number of benzene rings is 1. The number of aromatic nitrogens is 1. The molecule has 0 bridgehead atoms. The van der Waals surface area contributed by atoms with E-state index < -0.39 is 0 Å². The van der Waals surface area contributed by atoms with Gasteiger partial charge < -0.3 is 10.1 Å². The van der Waals surface area contributed by atoms with E-state index in [1.165, 1.54) is 5.56 Å². The fraction of sp³-hybridized carbons (Fsp3) is 0.267. The van der Waals surface area contributed by atoms with Gasteiger partial charge >= 0.3 is 0 Å². The van der Waals surface area contributed by atoms with Crippen molar-refractivity contribution in [2.24, 2.45) is 0 Å². The second-order valence-corrected chi connectivity index (χ2v) is 4.68. The standard InChI is InChI=1S/C15H17ClN2O/c1-17-11-13-9-14(16)4-5-15(13)19-8-6-12-3-2-7-18-10-12/h2-5,7,9-10,17H,6,8,11H2,1H3. The van der Waals surface area contributed by atoms with Crippen molar-refractivity contribution in [3.05, 3.63) is 58.9 Å². The molecule has 0 saturated carbocycles. The zero-order valence-electron chi connectivity index (χ0n) is 10.9. The molecule has 1 N–H and O–H groups in total. The second-order valence-electron chi connectivity index (χ2n) is 4.24. The van der Waals surface area contributed by atoms with Gasteiger partial charge in [-0.2, -0.15) is 0 Å². The molecule has 19 heavy (non-hydrogen) atoms. The maximum Gasteiger partial charge on any atom is 0.123 e. The van der Waals surface area contributed by atoms with Crippen LogP contribution in [-0.4, -0.2) is 18.6 Å². The Bertz CT molecular complexity index is 517. The van der Waals surface area contributed by atoms with Crippen LogP contribution < -0.4 is 10.1 Å². The Kier molecular flexibility index (Phi) is 5.19. The van der Waals surface area contributed by atoms with Crippen molar-refractivity contribution in [2.75, 3.05) is 13.7 Å². The van der Waals surface area contributed by atoms with E-state index in [9.17, 15) is 0 Å². The Balaban J connectivity index is 1.95. The van der Waals surface area contributed by atoms with Gasteiger partial charge in [0.25, 0.3) is 0 Å². The minimum Gasteiger partial charge on any atom is -0.493 e. The van der Waals surface area contributed by atoms with E-state index in [4.69, 9.17) is 16.3 Å². The molecule has 0 saturated heterocycles. The van der Waals surface area contributed by atoms with Crippen molar-refractivity contribution in [3.8, 4) is 5.75 Å². The Morgan fingerprint density at radius 1 is 1.32 bits per heavy atom. The molecule has 2 rings (SSSR count). The Morgan fingerprint density at radius 2 is 2.21 bits per heavy atom. The van der Waals surface area contributed by atoms with E-state index in [0.717, 1.165) is 29.3 Å². The maximum absolute atomic E-state index is 5.99. The van der Waals surface area contributed by atoms with Crippen LogP contribution in [0.2, 0.25) is 5.02 Å². The normalized spacial score (nSPS) is 10.4. The van der Waals surface area contributed by atoms with Gasteiger partial charge in [0.05, 0.1) is 6.61 Å². The summed E-state index contributed by atoms with van der Waals surface area (Å²) in [5.74, 6) is 0.877. The summed E-state index contributed by atoms with van der Waals surface area (Å²) in [6.07, 6.45) is 4.48. The van der Waals surface area contributed by atoms with Crippen LogP contribution in [0.3, 0.4) is 0 Å². The third-order valence-electron chi connectivity index (χ3n) is 2.76. The number of nitrogens with zero attached hydrogens (tertiary/aromatic N) is 1. The van der Waals surface area contributed by atoms with Gasteiger partial charge in [-0.25, -0.2) is 0 Å². The molecule has 3 nitrogen and oxygen atoms in total. The first kappa shape index (κ1) is 13.8. The van der Waals surface area contributed by atoms with Crippen LogP contribution in [0.5, 0.6) is 5.75 Å². The van der Waals surface area contributed by atoms with Crippen LogP contribution in [0.25, 0.3) is 0 Å². The molecule has 100 valence electrons. The molecule has 0 aliphatic heterocycles. The van der Waals surface area contributed by atoms with Gasteiger partial charge in [-0.3, -0.25) is 4.98 Å². The molecule has 0 atom stereocenters. The van der Waals surface area contributed by atoms with Gasteiger partial charge in [-0.1, -0.05) is 17.7 Å². The third-order valence-corrected chi connectivity index (χ3v) is 3.00. The molecular formula is C15H17ClN2O. The van der Waals surface area contributed by atoms with Crippen molar-refractivity contribution in [3.63, 3.8) is 0 Å². The number of hydrogen-bond acceptors (Lipinski definition) is 3. The first-order valence-corrected chi connectivity index (χ1v) is 6.62. The number of rotatable bonds is 6. The fourth-order valence-electron chi connectivity index (χ4n) is 1.84. The summed E-state index contributed by atoms with van der Waals surface area (Å²) in [5.41, 5.74) is 2.24. The molecule has 0 radical (unpaired) electrons. The lowest BCUT2D eigenvalue weighted by Crippen LogP contribution is -2.09. The fourth-order valence-corrected chi connectivity index (χ4v) is 2.04. The van der Waals surface area contributed by atoms with Crippen molar-refractivity contribution < 1.29 is 4.74 Å². The highest BCUT2D eigenvalue weighted by atomic mass is 35.5. The van der Waals surface area contributed by atoms with Gasteiger partial charge in [0, 0.05) is 35.9 Å². The molecule has 0 unspecified atom stereocenters. The van der Waals surface area contributed by atoms with Crippen molar-refractivity contribution in [1.82, 2.24) is 10.3 Å². The minimum absolute atomic E-state index is 0.629. The molecule has 0 amide bonds. The zero-order chi connectivity index (χ0) is 13.5. The number of halogens is 1. The minimum atomic E-state index is 0.629. The average molecular weight is 277 g/mol. The first-order valence-electron chi connectivity index (χ1n) is 6.24. The summed E-state index contributed by atoms with van der Waals surface area (Å²) in [6.45, 7) is 1.37. The van der Waals surface area contributed by atoms with Gasteiger partial charge in [-0.05, 0) is 36.9 Å². The molecular weight excluding hydrogens is 260 g/mol. The van der Waals surface area contributed by atoms with Gasteiger partial charge in [0.1, 0.15) is 5.75 Å². The van der Waals surface area contributed by atoms with E-state index in [1.807, 2.05) is 43.6 Å². The van der Waals surface area contributed by atoms with Crippen LogP contribution >= 0.6 is 11.6 Å². The molecule has 0 aliphatic rings. The highest BCUT2D eigenvalue weighted by molar-refractivity contribution is 6.30. The molecule has 0 fully saturated rings. The number of ether oxygens (including phenoxy) is 1. The van der Waals surface area contributed by atoms with E-state index in [2.05, 4.69) is 10.3 Å². The summed E-state index contributed by atoms with van der Waals surface area (Å²) >= 11 is 5.99. The van der Waals surface area contributed by atoms with Gasteiger partial charge in [0.2, 0.25) is 0 Å². The maximum atomic E-state index is 5.99. The number of pyridine rings is 1. The van der Waals surface area contributed by atoms with E-state index in [-0.39, 0.29) is 0 Å². The molecule has 0 aliphatic carbocycles. The molecule has 1 aromatic heterocycles. The number of hydrogen-bond donors (Lipinski definition) is 1. The van der Waals surface area contributed by atoms with Crippen LogP contribution in [-0.2, 0) is 13.0 Å². The van der Waals surface area contributed by atoms with Crippen molar-refractivity contribution in [1.29, 1.82) is 0 Å². The quantitative estimate of drug-likeness (QED) is 0.880. The Morgan fingerprint density at radius 3 is 2.95 bits per heavy atom. The van der Waals surface area contributed by atoms with E-state index in [0.29, 0.717) is 6.61 Å². The summed E-state index contributed by atoms with van der Waals surface area (Å²) in [6, 6.07) is 9.67. The van der Waals surface area contributed by atoms with Crippen molar-refractivity contribution in [2.45, 2.75) is 13.0 Å². The van der Waals surface area contributed by atoms with Crippen LogP contribution in [0.15, 0.2) is 42.7 Å². The predicted octanol–water partition coefficient (Wildman–Crippen LogP) is 3.08. The topological polar surface area (TPSA) is 34.1 Å². The predicted molar refractivity (Wildman–Crippen MR) is 77.7 cm³/mol. The second kappa shape index (κ2) is 7.12. The van der Waals surface area contributed by atoms with Gasteiger partial charge in [-0.15, -0.1) is 0 Å². The zero-order valence-corrected chi connectivity index (χ0v) is 11.7. The lowest BCUT2D eigenvalue weighted by molar-refractivity contribution is 0.318. The summed E-state index contributed by atoms with van der Waals surface area (Å²) in [7, 11) is 1.90. The van der Waals surface area contributed by atoms with Crippen LogP contribution in [0.4, 0.5) is 0 Å². The molecule has 4 heteroatoms. The first-order chi connectivity index (χ1) is 9.29. The molecule has 1 aromatic carbocycles.